The van der Waals surface area contributed by atoms with Crippen molar-refractivity contribution in [1.29, 1.82) is 0 Å². The predicted octanol–water partition coefficient (Wildman–Crippen LogP) is 0.484. The van der Waals surface area contributed by atoms with Crippen LogP contribution in [0.2, 0.25) is 0 Å². The summed E-state index contributed by atoms with van der Waals surface area (Å²) in [6.45, 7) is 1.05. The lowest BCUT2D eigenvalue weighted by molar-refractivity contribution is 0.447. The number of hydrogen-bond acceptors (Lipinski definition) is 2. The molecule has 3 atom stereocenters. The molecule has 3 unspecified atom stereocenters. The van der Waals surface area contributed by atoms with Crippen molar-refractivity contribution in [3.05, 3.63) is 0 Å². The minimum atomic E-state index is 0.0625. The van der Waals surface area contributed by atoms with E-state index in [9.17, 15) is 4.79 Å². The lowest BCUT2D eigenvalue weighted by Crippen LogP contribution is -2.27. The van der Waals surface area contributed by atoms with Crippen LogP contribution in [0, 0.1) is 11.8 Å². The van der Waals surface area contributed by atoms with Crippen molar-refractivity contribution in [3.8, 4) is 0 Å². The van der Waals surface area contributed by atoms with Gasteiger partial charge in [-0.05, 0) is 31.2 Å². The number of hydrogen-bond donors (Lipinski definition) is 1. The van der Waals surface area contributed by atoms with Gasteiger partial charge in [-0.3, -0.25) is 4.79 Å². The fourth-order valence-corrected chi connectivity index (χ4v) is 2.32. The van der Waals surface area contributed by atoms with E-state index in [-0.39, 0.29) is 6.04 Å². The molecule has 1 N–H and O–H groups in total. The Morgan fingerprint density at radius 3 is 3.10 bits per heavy atom. The van der Waals surface area contributed by atoms with Crippen LogP contribution in [0.5, 0.6) is 0 Å². The Labute approximate surface area is 61.0 Å². The van der Waals surface area contributed by atoms with Gasteiger partial charge in [0.05, 0.1) is 6.04 Å². The molecule has 1 saturated carbocycles. The van der Waals surface area contributed by atoms with Crippen molar-refractivity contribution in [3.63, 3.8) is 0 Å². The second-order valence-electron chi connectivity index (χ2n) is 3.36. The van der Waals surface area contributed by atoms with Gasteiger partial charge in [-0.25, -0.2) is 0 Å². The highest BCUT2D eigenvalue weighted by molar-refractivity contribution is 5.60. The molecule has 1 heterocycles. The summed E-state index contributed by atoms with van der Waals surface area (Å²) in [6, 6.07) is 0.0625. The van der Waals surface area contributed by atoms with Crippen molar-refractivity contribution in [2.45, 2.75) is 25.3 Å². The quantitative estimate of drug-likeness (QED) is 0.571. The van der Waals surface area contributed by atoms with Crippen LogP contribution in [-0.4, -0.2) is 18.9 Å². The maximum absolute atomic E-state index is 10.4. The highest BCUT2D eigenvalue weighted by Crippen LogP contribution is 2.36. The van der Waals surface area contributed by atoms with E-state index in [1.807, 2.05) is 0 Å². The van der Waals surface area contributed by atoms with Gasteiger partial charge in [0.2, 0.25) is 6.29 Å². The lowest BCUT2D eigenvalue weighted by Gasteiger charge is -2.09. The Morgan fingerprint density at radius 1 is 1.40 bits per heavy atom. The molecule has 0 aromatic rings. The number of carbonyl (C=O) groups excluding carboxylic acids is 1. The third-order valence-corrected chi connectivity index (χ3v) is 2.87. The molecule has 10 heavy (non-hydrogen) atoms. The average Bonchev–Trinajstić information content (AvgIpc) is 2.44. The van der Waals surface area contributed by atoms with Gasteiger partial charge >= 0.3 is 0 Å². The Kier molecular flexibility index (Phi) is 1.49. The fourth-order valence-electron chi connectivity index (χ4n) is 2.32. The first-order valence-corrected chi connectivity index (χ1v) is 4.03. The molecule has 2 fully saturated rings. The Morgan fingerprint density at radius 2 is 2.30 bits per heavy atom. The minimum absolute atomic E-state index is 0.0625. The van der Waals surface area contributed by atoms with E-state index in [0.717, 1.165) is 12.5 Å². The first kappa shape index (κ1) is 6.35. The number of rotatable bonds is 1. The molecular formula is C8H12NO. The van der Waals surface area contributed by atoms with E-state index in [0.29, 0.717) is 5.92 Å². The molecule has 1 radical (unpaired) electrons. The first-order chi connectivity index (χ1) is 4.92. The van der Waals surface area contributed by atoms with Gasteiger partial charge in [-0.1, -0.05) is 6.42 Å². The smallest absolute Gasteiger partial charge is 0.217 e. The monoisotopic (exact) mass is 138 g/mol. The predicted molar refractivity (Wildman–Crippen MR) is 38.3 cm³/mol. The molecule has 2 aliphatic rings. The molecule has 1 aliphatic carbocycles. The molecule has 0 aromatic heterocycles. The van der Waals surface area contributed by atoms with E-state index in [4.69, 9.17) is 0 Å². The van der Waals surface area contributed by atoms with E-state index < -0.39 is 0 Å². The average molecular weight is 138 g/mol. The van der Waals surface area contributed by atoms with Crippen molar-refractivity contribution >= 4 is 6.29 Å². The zero-order valence-corrected chi connectivity index (χ0v) is 5.97. The van der Waals surface area contributed by atoms with Gasteiger partial charge in [0.15, 0.2) is 0 Å². The van der Waals surface area contributed by atoms with E-state index in [1.54, 1.807) is 0 Å². The summed E-state index contributed by atoms with van der Waals surface area (Å²) in [6.07, 6.45) is 5.94. The lowest BCUT2D eigenvalue weighted by atomic mass is 9.95. The van der Waals surface area contributed by atoms with Crippen LogP contribution in [0.4, 0.5) is 0 Å². The fraction of sp³-hybridized carbons (Fsp3) is 0.875. The van der Waals surface area contributed by atoms with Gasteiger partial charge in [0.25, 0.3) is 0 Å². The Balaban J connectivity index is 2.07. The third-order valence-electron chi connectivity index (χ3n) is 2.87. The molecule has 0 spiro atoms. The van der Waals surface area contributed by atoms with Crippen LogP contribution in [0.3, 0.4) is 0 Å². The molecule has 1 aliphatic heterocycles. The Bertz CT molecular complexity index is 146. The molecule has 0 aromatic carbocycles. The number of nitrogens with one attached hydrogen (secondary N) is 1. The summed E-state index contributed by atoms with van der Waals surface area (Å²) in [4.78, 5) is 10.4. The zero-order valence-electron chi connectivity index (χ0n) is 5.97. The second kappa shape index (κ2) is 2.35. The largest absolute Gasteiger partial charge is 0.307 e. The van der Waals surface area contributed by atoms with Gasteiger partial charge in [-0.2, -0.15) is 0 Å². The normalized spacial score (nSPS) is 45.4. The zero-order chi connectivity index (χ0) is 6.97. The van der Waals surface area contributed by atoms with Gasteiger partial charge < -0.3 is 5.32 Å². The summed E-state index contributed by atoms with van der Waals surface area (Å²) >= 11 is 0. The molecule has 0 amide bonds. The van der Waals surface area contributed by atoms with Gasteiger partial charge in [-0.15, -0.1) is 0 Å². The van der Waals surface area contributed by atoms with Crippen LogP contribution in [0.15, 0.2) is 0 Å². The van der Waals surface area contributed by atoms with Gasteiger partial charge in [0, 0.05) is 0 Å². The molecular weight excluding hydrogens is 126 g/mol. The molecule has 1 saturated heterocycles. The standard InChI is InChI=1S/C8H12NO/c10-5-8-7-3-1-2-6(7)4-9-8/h6-9H,1-4H2. The highest BCUT2D eigenvalue weighted by Gasteiger charge is 2.38. The summed E-state index contributed by atoms with van der Waals surface area (Å²) in [7, 11) is 0. The summed E-state index contributed by atoms with van der Waals surface area (Å²) in [5.74, 6) is 1.41. The van der Waals surface area contributed by atoms with Gasteiger partial charge in [0.1, 0.15) is 0 Å². The van der Waals surface area contributed by atoms with Crippen molar-refractivity contribution in [2.24, 2.45) is 11.8 Å². The summed E-state index contributed by atoms with van der Waals surface area (Å²) in [5.41, 5.74) is 0. The minimum Gasteiger partial charge on any atom is -0.307 e. The first-order valence-electron chi connectivity index (χ1n) is 4.03. The van der Waals surface area contributed by atoms with Crippen LogP contribution in [0.1, 0.15) is 19.3 Å². The van der Waals surface area contributed by atoms with Crippen LogP contribution < -0.4 is 5.32 Å². The summed E-state index contributed by atoms with van der Waals surface area (Å²) in [5, 5.41) is 3.18. The highest BCUT2D eigenvalue weighted by atomic mass is 16.1. The molecule has 0 bridgehead atoms. The molecule has 2 nitrogen and oxygen atoms in total. The molecule has 2 heteroatoms. The summed E-state index contributed by atoms with van der Waals surface area (Å²) < 4.78 is 0. The topological polar surface area (TPSA) is 29.1 Å². The van der Waals surface area contributed by atoms with Crippen molar-refractivity contribution < 1.29 is 4.79 Å². The molecule has 2 rings (SSSR count). The van der Waals surface area contributed by atoms with Crippen molar-refractivity contribution in [2.75, 3.05) is 6.54 Å². The van der Waals surface area contributed by atoms with Crippen molar-refractivity contribution in [1.82, 2.24) is 5.32 Å². The Hall–Kier alpha value is -0.370. The van der Waals surface area contributed by atoms with Crippen LogP contribution in [-0.2, 0) is 4.79 Å². The second-order valence-corrected chi connectivity index (χ2v) is 3.36. The van der Waals surface area contributed by atoms with E-state index >= 15 is 0 Å². The van der Waals surface area contributed by atoms with Crippen LogP contribution in [0.25, 0.3) is 0 Å². The van der Waals surface area contributed by atoms with E-state index in [1.165, 1.54) is 19.3 Å². The third kappa shape index (κ3) is 0.788. The van der Waals surface area contributed by atoms with E-state index in [2.05, 4.69) is 11.6 Å². The maximum Gasteiger partial charge on any atom is 0.217 e. The SMILES string of the molecule is O=[C]C1NCC2CCCC21. The number of fused-ring (bicyclic) bond motifs is 1. The maximum atomic E-state index is 10.4. The molecule has 55 valence electrons. The van der Waals surface area contributed by atoms with Crippen LogP contribution >= 0.6 is 0 Å².